The maximum absolute atomic E-state index is 13.2. The number of carbonyl (C=O) groups is 3. The molecule has 0 aromatic heterocycles. The topological polar surface area (TPSA) is 95.9 Å². The number of carbonyl (C=O) groups excluding carboxylic acids is 2. The molecule has 0 heterocycles. The normalized spacial score (nSPS) is 13.2. The third-order valence-corrected chi connectivity index (χ3v) is 6.66. The number of nitrogens with one attached hydrogen (secondary N) is 1. The van der Waals surface area contributed by atoms with E-state index in [1.54, 1.807) is 11.8 Å². The second kappa shape index (κ2) is 11.9. The predicted octanol–water partition coefficient (Wildman–Crippen LogP) is 4.36. The molecule has 182 valence electrons. The molecule has 1 atom stereocenters. The molecule has 2 aromatic carbocycles. The Morgan fingerprint density at radius 2 is 1.65 bits per heavy atom. The van der Waals surface area contributed by atoms with Crippen molar-refractivity contribution in [2.24, 2.45) is 0 Å². The van der Waals surface area contributed by atoms with Crippen molar-refractivity contribution in [3.05, 3.63) is 59.7 Å². The lowest BCUT2D eigenvalue weighted by molar-refractivity contribution is -0.139. The molecule has 2 N–H and O–H groups in total. The van der Waals surface area contributed by atoms with Crippen LogP contribution in [0.3, 0.4) is 0 Å². The molecule has 2 aromatic rings. The second-order valence-corrected chi connectivity index (χ2v) is 9.56. The number of alkyl carbamates (subject to hydrolysis) is 1. The maximum Gasteiger partial charge on any atom is 0.407 e. The van der Waals surface area contributed by atoms with Crippen molar-refractivity contribution in [3.63, 3.8) is 0 Å². The molecule has 1 unspecified atom stereocenters. The molecule has 1 aliphatic rings. The average molecular weight is 485 g/mol. The molecule has 8 heteroatoms. The predicted molar refractivity (Wildman–Crippen MR) is 134 cm³/mol. The van der Waals surface area contributed by atoms with Gasteiger partial charge in [0.1, 0.15) is 12.6 Å². The average Bonchev–Trinajstić information content (AvgIpc) is 3.13. The van der Waals surface area contributed by atoms with Gasteiger partial charge in [0.15, 0.2) is 0 Å². The van der Waals surface area contributed by atoms with Crippen LogP contribution in [0, 0.1) is 0 Å². The molecule has 0 saturated carbocycles. The fraction of sp³-hybridized carbons (Fsp3) is 0.423. The molecule has 7 nitrogen and oxygen atoms in total. The van der Waals surface area contributed by atoms with Crippen LogP contribution in [0.15, 0.2) is 48.5 Å². The highest BCUT2D eigenvalue weighted by molar-refractivity contribution is 7.98. The SMILES string of the molecule is CSCCC(NC(=O)OCC1c2ccccc2-c2ccccc21)C(=O)N(CCC(=O)O)C(C)C. The quantitative estimate of drug-likeness (QED) is 0.492. The Kier molecular flexibility index (Phi) is 8.98. The molecule has 0 bridgehead atoms. The van der Waals surface area contributed by atoms with Gasteiger partial charge in [0.05, 0.1) is 6.42 Å². The van der Waals surface area contributed by atoms with Crippen LogP contribution in [-0.2, 0) is 14.3 Å². The van der Waals surface area contributed by atoms with Gasteiger partial charge in [0.25, 0.3) is 0 Å². The van der Waals surface area contributed by atoms with Gasteiger partial charge in [-0.2, -0.15) is 11.8 Å². The largest absolute Gasteiger partial charge is 0.481 e. The molecule has 0 saturated heterocycles. The number of thioether (sulfide) groups is 1. The number of aliphatic carboxylic acids is 1. The van der Waals surface area contributed by atoms with Gasteiger partial charge in [-0.25, -0.2) is 4.79 Å². The lowest BCUT2D eigenvalue weighted by Crippen LogP contribution is -2.51. The number of fused-ring (bicyclic) bond motifs is 3. The van der Waals surface area contributed by atoms with Gasteiger partial charge >= 0.3 is 12.1 Å². The van der Waals surface area contributed by atoms with E-state index in [0.29, 0.717) is 12.2 Å². The van der Waals surface area contributed by atoms with Crippen LogP contribution in [0.5, 0.6) is 0 Å². The third kappa shape index (κ3) is 6.11. The highest BCUT2D eigenvalue weighted by atomic mass is 32.2. The van der Waals surface area contributed by atoms with Crippen molar-refractivity contribution in [2.45, 2.75) is 44.7 Å². The number of nitrogens with zero attached hydrogens (tertiary/aromatic N) is 1. The van der Waals surface area contributed by atoms with Gasteiger partial charge in [-0.05, 0) is 54.5 Å². The minimum Gasteiger partial charge on any atom is -0.481 e. The zero-order chi connectivity index (χ0) is 24.7. The van der Waals surface area contributed by atoms with Crippen molar-refractivity contribution in [1.29, 1.82) is 0 Å². The minimum atomic E-state index is -0.969. The molecule has 0 aliphatic heterocycles. The van der Waals surface area contributed by atoms with Crippen molar-refractivity contribution in [1.82, 2.24) is 10.2 Å². The van der Waals surface area contributed by atoms with E-state index < -0.39 is 18.1 Å². The summed E-state index contributed by atoms with van der Waals surface area (Å²) in [6, 6.07) is 15.2. The standard InChI is InChI=1S/C26H32N2O5S/c1-17(2)28(14-12-24(29)30)25(31)23(13-15-34-3)27-26(32)33-16-22-20-10-6-4-8-18(20)19-9-5-7-11-21(19)22/h4-11,17,22-23H,12-16H2,1-3H3,(H,27,32)(H,29,30). The Morgan fingerprint density at radius 3 is 2.18 bits per heavy atom. The maximum atomic E-state index is 13.2. The fourth-order valence-electron chi connectivity index (χ4n) is 4.31. The van der Waals surface area contributed by atoms with Gasteiger partial charge in [-0.3, -0.25) is 9.59 Å². The summed E-state index contributed by atoms with van der Waals surface area (Å²) in [5.74, 6) is -0.658. The first-order valence-electron chi connectivity index (χ1n) is 11.5. The first-order chi connectivity index (χ1) is 16.3. The first kappa shape index (κ1) is 25.6. The number of hydrogen-bond acceptors (Lipinski definition) is 5. The van der Waals surface area contributed by atoms with Crippen molar-refractivity contribution in [3.8, 4) is 11.1 Å². The van der Waals surface area contributed by atoms with Gasteiger partial charge in [0, 0.05) is 18.5 Å². The number of carboxylic acids is 1. The van der Waals surface area contributed by atoms with E-state index in [0.717, 1.165) is 22.3 Å². The van der Waals surface area contributed by atoms with Crippen LogP contribution in [0.25, 0.3) is 11.1 Å². The Balaban J connectivity index is 1.68. The number of rotatable bonds is 11. The molecule has 1 aliphatic carbocycles. The van der Waals surface area contributed by atoms with Crippen LogP contribution in [0.4, 0.5) is 4.79 Å². The summed E-state index contributed by atoms with van der Waals surface area (Å²) in [5, 5.41) is 11.8. The fourth-order valence-corrected chi connectivity index (χ4v) is 4.79. The van der Waals surface area contributed by atoms with E-state index in [4.69, 9.17) is 9.84 Å². The van der Waals surface area contributed by atoms with Crippen molar-refractivity contribution in [2.75, 3.05) is 25.2 Å². The smallest absolute Gasteiger partial charge is 0.407 e. The van der Waals surface area contributed by atoms with Gasteiger partial charge < -0.3 is 20.1 Å². The Hall–Kier alpha value is -3.00. The number of carboxylic acid groups (broad SMARTS) is 1. The number of hydrogen-bond donors (Lipinski definition) is 2. The zero-order valence-electron chi connectivity index (χ0n) is 19.8. The summed E-state index contributed by atoms with van der Waals surface area (Å²) in [6.45, 7) is 3.92. The lowest BCUT2D eigenvalue weighted by Gasteiger charge is -2.30. The summed E-state index contributed by atoms with van der Waals surface area (Å²) < 4.78 is 5.62. The van der Waals surface area contributed by atoms with E-state index in [-0.39, 0.29) is 37.4 Å². The Labute approximate surface area is 204 Å². The van der Waals surface area contributed by atoms with E-state index in [9.17, 15) is 14.4 Å². The van der Waals surface area contributed by atoms with E-state index in [2.05, 4.69) is 29.6 Å². The van der Waals surface area contributed by atoms with Crippen molar-refractivity contribution < 1.29 is 24.2 Å². The summed E-state index contributed by atoms with van der Waals surface area (Å²) in [4.78, 5) is 38.5. The summed E-state index contributed by atoms with van der Waals surface area (Å²) >= 11 is 1.57. The van der Waals surface area contributed by atoms with E-state index in [1.165, 1.54) is 4.90 Å². The molecule has 0 fully saturated rings. The number of ether oxygens (including phenoxy) is 1. The number of amides is 2. The summed E-state index contributed by atoms with van der Waals surface area (Å²) in [6.07, 6.45) is 1.56. The van der Waals surface area contributed by atoms with Gasteiger partial charge in [0.2, 0.25) is 5.91 Å². The third-order valence-electron chi connectivity index (χ3n) is 6.02. The zero-order valence-corrected chi connectivity index (χ0v) is 20.6. The molecule has 0 radical (unpaired) electrons. The molecular weight excluding hydrogens is 452 g/mol. The monoisotopic (exact) mass is 484 g/mol. The first-order valence-corrected chi connectivity index (χ1v) is 12.9. The van der Waals surface area contributed by atoms with Gasteiger partial charge in [-0.15, -0.1) is 0 Å². The van der Waals surface area contributed by atoms with E-state index >= 15 is 0 Å². The highest BCUT2D eigenvalue weighted by Gasteiger charge is 2.31. The summed E-state index contributed by atoms with van der Waals surface area (Å²) in [7, 11) is 0. The van der Waals surface area contributed by atoms with Crippen LogP contribution < -0.4 is 5.32 Å². The highest BCUT2D eigenvalue weighted by Crippen LogP contribution is 2.44. The molecular formula is C26H32N2O5S. The van der Waals surface area contributed by atoms with Crippen molar-refractivity contribution >= 4 is 29.7 Å². The van der Waals surface area contributed by atoms with Crippen LogP contribution in [0.2, 0.25) is 0 Å². The van der Waals surface area contributed by atoms with Gasteiger partial charge in [-0.1, -0.05) is 48.5 Å². The Bertz CT molecular complexity index is 980. The van der Waals surface area contributed by atoms with Crippen LogP contribution >= 0.6 is 11.8 Å². The van der Waals surface area contributed by atoms with Crippen LogP contribution in [-0.4, -0.2) is 65.2 Å². The molecule has 0 spiro atoms. The molecule has 3 rings (SSSR count). The second-order valence-electron chi connectivity index (χ2n) is 8.57. The minimum absolute atomic E-state index is 0.0683. The molecule has 2 amide bonds. The van der Waals surface area contributed by atoms with E-state index in [1.807, 2.05) is 44.4 Å². The Morgan fingerprint density at radius 1 is 1.06 bits per heavy atom. The number of benzene rings is 2. The molecule has 34 heavy (non-hydrogen) atoms. The van der Waals surface area contributed by atoms with Crippen LogP contribution in [0.1, 0.15) is 43.7 Å². The lowest BCUT2D eigenvalue weighted by atomic mass is 9.98. The summed E-state index contributed by atoms with van der Waals surface area (Å²) in [5.41, 5.74) is 4.52.